The first-order valence-corrected chi connectivity index (χ1v) is 7.31. The van der Waals surface area contributed by atoms with E-state index in [-0.39, 0.29) is 6.10 Å². The monoisotopic (exact) mass is 291 g/mol. The minimum atomic E-state index is -0.301. The summed E-state index contributed by atoms with van der Waals surface area (Å²) in [6, 6.07) is 7.60. The Morgan fingerprint density at radius 1 is 1.24 bits per heavy atom. The second kappa shape index (κ2) is 6.78. The summed E-state index contributed by atoms with van der Waals surface area (Å²) in [5.74, 6) is 1.98. The fourth-order valence-corrected chi connectivity index (χ4v) is 2.41. The highest BCUT2D eigenvalue weighted by molar-refractivity contribution is 5.85. The molecule has 1 fully saturated rings. The summed E-state index contributed by atoms with van der Waals surface area (Å²) in [6.45, 7) is 5.51. The second-order valence-electron chi connectivity index (χ2n) is 5.12. The van der Waals surface area contributed by atoms with E-state index in [9.17, 15) is 0 Å². The minimum absolute atomic E-state index is 0.301. The highest BCUT2D eigenvalue weighted by Gasteiger charge is 2.23. The Morgan fingerprint density at radius 2 is 2.00 bits per heavy atom. The van der Waals surface area contributed by atoms with Gasteiger partial charge in [0, 0.05) is 19.6 Å². The summed E-state index contributed by atoms with van der Waals surface area (Å²) in [5.41, 5.74) is 6.02. The van der Waals surface area contributed by atoms with Gasteiger partial charge >= 0.3 is 0 Å². The third-order valence-electron chi connectivity index (χ3n) is 3.65. The van der Waals surface area contributed by atoms with Crippen molar-refractivity contribution in [3.05, 3.63) is 24.3 Å². The molecule has 0 amide bonds. The van der Waals surface area contributed by atoms with Crippen molar-refractivity contribution in [2.45, 2.75) is 6.10 Å². The molecule has 114 valence electrons. The van der Waals surface area contributed by atoms with Crippen molar-refractivity contribution in [2.24, 2.45) is 10.7 Å². The maximum atomic E-state index is 6.02. The lowest BCUT2D eigenvalue weighted by Gasteiger charge is -2.27. The van der Waals surface area contributed by atoms with Crippen molar-refractivity contribution in [3.8, 4) is 11.5 Å². The van der Waals surface area contributed by atoms with Gasteiger partial charge in [-0.25, -0.2) is 0 Å². The van der Waals surface area contributed by atoms with Crippen LogP contribution in [-0.2, 0) is 4.74 Å². The molecule has 0 saturated carbocycles. The van der Waals surface area contributed by atoms with Crippen molar-refractivity contribution >= 4 is 5.84 Å². The topological polar surface area (TPSA) is 69.3 Å². The van der Waals surface area contributed by atoms with Crippen LogP contribution in [0.2, 0.25) is 0 Å². The van der Waals surface area contributed by atoms with E-state index in [1.54, 1.807) is 0 Å². The molecule has 1 aromatic rings. The van der Waals surface area contributed by atoms with E-state index in [4.69, 9.17) is 19.9 Å². The van der Waals surface area contributed by atoms with Gasteiger partial charge in [0.2, 0.25) is 0 Å². The molecule has 3 rings (SSSR count). The Morgan fingerprint density at radius 3 is 2.81 bits per heavy atom. The molecule has 2 heterocycles. The number of hydrogen-bond donors (Lipinski definition) is 1. The average molecular weight is 291 g/mol. The molecule has 0 bridgehead atoms. The lowest BCUT2D eigenvalue weighted by atomic mass is 10.2. The number of amidine groups is 1. The molecule has 2 aliphatic heterocycles. The van der Waals surface area contributed by atoms with Crippen LogP contribution in [0.1, 0.15) is 0 Å². The first-order chi connectivity index (χ1) is 10.3. The molecule has 2 N–H and O–H groups in total. The molecule has 21 heavy (non-hydrogen) atoms. The molecule has 6 nitrogen and oxygen atoms in total. The normalized spacial score (nSPS) is 23.0. The average Bonchev–Trinajstić information content (AvgIpc) is 2.55. The van der Waals surface area contributed by atoms with Gasteiger partial charge in [-0.05, 0) is 12.1 Å². The van der Waals surface area contributed by atoms with Crippen LogP contribution in [0.5, 0.6) is 11.5 Å². The highest BCUT2D eigenvalue weighted by atomic mass is 16.6. The van der Waals surface area contributed by atoms with Crippen LogP contribution in [-0.4, -0.2) is 62.8 Å². The Kier molecular flexibility index (Phi) is 4.57. The Balaban J connectivity index is 1.51. The number of benzene rings is 1. The van der Waals surface area contributed by atoms with E-state index >= 15 is 0 Å². The highest BCUT2D eigenvalue weighted by Crippen LogP contribution is 2.30. The fraction of sp³-hybridized carbons (Fsp3) is 0.533. The van der Waals surface area contributed by atoms with E-state index in [1.165, 1.54) is 0 Å². The van der Waals surface area contributed by atoms with E-state index < -0.39 is 0 Å². The fourth-order valence-electron chi connectivity index (χ4n) is 2.41. The number of ether oxygens (including phenoxy) is 3. The molecule has 2 aliphatic rings. The number of aliphatic imine (C=N–C) groups is 1. The number of morpholine rings is 1. The number of rotatable bonds is 4. The van der Waals surface area contributed by atoms with Crippen LogP contribution in [0.25, 0.3) is 0 Å². The maximum absolute atomic E-state index is 6.02. The van der Waals surface area contributed by atoms with Crippen molar-refractivity contribution in [2.75, 3.05) is 46.0 Å². The zero-order valence-electron chi connectivity index (χ0n) is 12.0. The van der Waals surface area contributed by atoms with E-state index in [0.717, 1.165) is 44.3 Å². The number of fused-ring (bicyclic) bond motifs is 1. The molecule has 0 aliphatic carbocycles. The number of nitrogens with two attached hydrogens (primary N) is 1. The van der Waals surface area contributed by atoms with E-state index in [1.807, 2.05) is 24.3 Å². The van der Waals surface area contributed by atoms with Crippen LogP contribution in [0.4, 0.5) is 0 Å². The Labute approximate surface area is 124 Å². The first kappa shape index (κ1) is 14.2. The largest absolute Gasteiger partial charge is 0.485 e. The molecule has 1 aromatic carbocycles. The molecule has 6 heteroatoms. The van der Waals surface area contributed by atoms with Crippen molar-refractivity contribution < 1.29 is 14.2 Å². The summed E-state index contributed by atoms with van der Waals surface area (Å²) in [4.78, 5) is 6.75. The van der Waals surface area contributed by atoms with Gasteiger partial charge in [0.1, 0.15) is 12.4 Å². The summed E-state index contributed by atoms with van der Waals surface area (Å²) in [7, 11) is 0. The summed E-state index contributed by atoms with van der Waals surface area (Å²) in [6.07, 6.45) is -0.301. The molecule has 1 atom stereocenters. The molecule has 0 spiro atoms. The molecule has 1 saturated heterocycles. The van der Waals surface area contributed by atoms with Crippen molar-refractivity contribution in [1.82, 2.24) is 4.90 Å². The van der Waals surface area contributed by atoms with E-state index in [2.05, 4.69) is 9.89 Å². The maximum Gasteiger partial charge on any atom is 0.189 e. The van der Waals surface area contributed by atoms with Gasteiger partial charge in [0.05, 0.1) is 19.8 Å². The van der Waals surface area contributed by atoms with Crippen molar-refractivity contribution in [1.29, 1.82) is 0 Å². The lowest BCUT2D eigenvalue weighted by Crippen LogP contribution is -2.42. The summed E-state index contributed by atoms with van der Waals surface area (Å²) in [5, 5.41) is 0. The van der Waals surface area contributed by atoms with Crippen LogP contribution < -0.4 is 15.2 Å². The van der Waals surface area contributed by atoms with Gasteiger partial charge in [0.15, 0.2) is 17.6 Å². The minimum Gasteiger partial charge on any atom is -0.485 e. The SMILES string of the molecule is NC(=NCCN1CCOCC1)C1COc2ccccc2O1. The summed E-state index contributed by atoms with van der Waals surface area (Å²) < 4.78 is 16.8. The van der Waals surface area contributed by atoms with Gasteiger partial charge in [0.25, 0.3) is 0 Å². The van der Waals surface area contributed by atoms with E-state index in [0.29, 0.717) is 19.0 Å². The molecular weight excluding hydrogens is 270 g/mol. The first-order valence-electron chi connectivity index (χ1n) is 7.31. The second-order valence-corrected chi connectivity index (χ2v) is 5.12. The van der Waals surface area contributed by atoms with Crippen LogP contribution in [0, 0.1) is 0 Å². The molecule has 0 radical (unpaired) electrons. The zero-order chi connectivity index (χ0) is 14.5. The number of nitrogens with zero attached hydrogens (tertiary/aromatic N) is 2. The zero-order valence-corrected chi connectivity index (χ0v) is 12.0. The Bertz CT molecular complexity index is 501. The van der Waals surface area contributed by atoms with Gasteiger partial charge in [-0.3, -0.25) is 9.89 Å². The van der Waals surface area contributed by atoms with Gasteiger partial charge in [-0.2, -0.15) is 0 Å². The smallest absolute Gasteiger partial charge is 0.189 e. The predicted molar refractivity (Wildman–Crippen MR) is 80.1 cm³/mol. The third-order valence-corrected chi connectivity index (χ3v) is 3.65. The molecular formula is C15H21N3O3. The third kappa shape index (κ3) is 3.65. The van der Waals surface area contributed by atoms with Gasteiger partial charge in [-0.15, -0.1) is 0 Å². The Hall–Kier alpha value is -1.79. The van der Waals surface area contributed by atoms with Gasteiger partial charge in [-0.1, -0.05) is 12.1 Å². The standard InChI is InChI=1S/C15H21N3O3/c16-15(17-5-6-18-7-9-19-10-8-18)14-11-20-12-3-1-2-4-13(12)21-14/h1-4,14H,5-11H2,(H2,16,17). The number of para-hydroxylation sites is 2. The summed E-state index contributed by atoms with van der Waals surface area (Å²) >= 11 is 0. The lowest BCUT2D eigenvalue weighted by molar-refractivity contribution is 0.0394. The van der Waals surface area contributed by atoms with Crippen LogP contribution in [0.3, 0.4) is 0 Å². The van der Waals surface area contributed by atoms with Crippen LogP contribution in [0.15, 0.2) is 29.3 Å². The molecule has 0 aromatic heterocycles. The van der Waals surface area contributed by atoms with Crippen molar-refractivity contribution in [3.63, 3.8) is 0 Å². The predicted octanol–water partition coefficient (Wildman–Crippen LogP) is 0.516. The van der Waals surface area contributed by atoms with Crippen LogP contribution >= 0.6 is 0 Å². The number of hydrogen-bond acceptors (Lipinski definition) is 5. The molecule has 1 unspecified atom stereocenters. The quantitative estimate of drug-likeness (QED) is 0.647. The van der Waals surface area contributed by atoms with Gasteiger partial charge < -0.3 is 19.9 Å².